The molecule has 0 amide bonds. The Balaban J connectivity index is 1.57. The maximum Gasteiger partial charge on any atom is 0.184 e. The Bertz CT molecular complexity index is 1390. The van der Waals surface area contributed by atoms with Gasteiger partial charge in [0, 0.05) is 43.0 Å². The van der Waals surface area contributed by atoms with Gasteiger partial charge in [0.05, 0.1) is 34.5 Å². The molecule has 1 saturated carbocycles. The molecule has 212 valence electrons. The van der Waals surface area contributed by atoms with Crippen LogP contribution in [0.25, 0.3) is 11.2 Å². The molecule has 2 atom stereocenters. The first-order chi connectivity index (χ1) is 19.6. The summed E-state index contributed by atoms with van der Waals surface area (Å²) in [6.45, 7) is 1.12. The monoisotopic (exact) mass is 548 g/mol. The first-order valence-electron chi connectivity index (χ1n) is 13.4. The van der Waals surface area contributed by atoms with Crippen molar-refractivity contribution >= 4 is 17.0 Å². The summed E-state index contributed by atoms with van der Waals surface area (Å²) in [6.07, 6.45) is 5.46. The zero-order valence-electron chi connectivity index (χ0n) is 23.4. The number of benzene rings is 2. The summed E-state index contributed by atoms with van der Waals surface area (Å²) in [7, 11) is 6.56. The Morgan fingerprint density at radius 2 is 1.52 bits per heavy atom. The molecule has 5 rings (SSSR count). The van der Waals surface area contributed by atoms with Gasteiger partial charge < -0.3 is 29.0 Å². The van der Waals surface area contributed by atoms with Crippen LogP contribution in [0.3, 0.4) is 0 Å². The van der Waals surface area contributed by atoms with Crippen LogP contribution < -0.4 is 23.8 Å². The van der Waals surface area contributed by atoms with Gasteiger partial charge in [0.15, 0.2) is 17.0 Å². The Morgan fingerprint density at radius 3 is 2.10 bits per heavy atom. The van der Waals surface area contributed by atoms with Gasteiger partial charge >= 0.3 is 0 Å². The lowest BCUT2D eigenvalue weighted by Crippen LogP contribution is -2.25. The number of rotatable bonds is 11. The SMILES string of the molecule is COc1ccc(CN(Cc2ccc(OC)cc2OC)c2ncnc3c2nnn3C2CCCC(CO)C2)c(OC)c1. The summed E-state index contributed by atoms with van der Waals surface area (Å²) in [5, 5.41) is 18.9. The van der Waals surface area contributed by atoms with E-state index in [9.17, 15) is 5.11 Å². The maximum atomic E-state index is 9.75. The minimum absolute atomic E-state index is 0.135. The molecular weight excluding hydrogens is 512 g/mol. The molecule has 1 N–H and O–H groups in total. The second kappa shape index (κ2) is 12.4. The molecule has 1 aliphatic rings. The molecule has 2 aromatic heterocycles. The highest BCUT2D eigenvalue weighted by molar-refractivity contribution is 5.82. The highest BCUT2D eigenvalue weighted by atomic mass is 16.5. The van der Waals surface area contributed by atoms with E-state index in [-0.39, 0.29) is 18.6 Å². The molecule has 1 fully saturated rings. The molecule has 11 nitrogen and oxygen atoms in total. The molecule has 0 radical (unpaired) electrons. The number of methoxy groups -OCH3 is 4. The van der Waals surface area contributed by atoms with Crippen molar-refractivity contribution < 1.29 is 24.1 Å². The summed E-state index contributed by atoms with van der Waals surface area (Å²) in [5.41, 5.74) is 3.21. The van der Waals surface area contributed by atoms with Gasteiger partial charge in [-0.15, -0.1) is 5.10 Å². The summed E-state index contributed by atoms with van der Waals surface area (Å²) >= 11 is 0. The molecule has 11 heteroatoms. The lowest BCUT2D eigenvalue weighted by atomic mass is 9.86. The van der Waals surface area contributed by atoms with Crippen LogP contribution in [0, 0.1) is 5.92 Å². The molecule has 0 aliphatic heterocycles. The lowest BCUT2D eigenvalue weighted by Gasteiger charge is -2.28. The first kappa shape index (κ1) is 27.4. The van der Waals surface area contributed by atoms with Crippen LogP contribution in [0.2, 0.25) is 0 Å². The van der Waals surface area contributed by atoms with Crippen molar-refractivity contribution in [3.8, 4) is 23.0 Å². The number of anilines is 1. The predicted octanol–water partition coefficient (Wildman–Crippen LogP) is 4.19. The van der Waals surface area contributed by atoms with E-state index >= 15 is 0 Å². The zero-order valence-corrected chi connectivity index (χ0v) is 23.4. The topological polar surface area (TPSA) is 117 Å². The van der Waals surface area contributed by atoms with Crippen molar-refractivity contribution in [3.05, 3.63) is 53.9 Å². The number of nitrogens with zero attached hydrogens (tertiary/aromatic N) is 6. The van der Waals surface area contributed by atoms with Gasteiger partial charge in [-0.05, 0) is 49.4 Å². The second-order valence-electron chi connectivity index (χ2n) is 9.98. The van der Waals surface area contributed by atoms with Gasteiger partial charge in [-0.1, -0.05) is 11.6 Å². The van der Waals surface area contributed by atoms with Crippen LogP contribution in [0.5, 0.6) is 23.0 Å². The standard InChI is InChI=1S/C29H36N6O5/c1-37-23-10-8-20(25(13-23)39-3)15-34(16-21-9-11-24(38-2)14-26(21)40-4)28-27-29(31-18-30-28)35(33-32-27)22-7-5-6-19(12-22)17-36/h8-11,13-14,18-19,22,36H,5-7,12,15-17H2,1-4H3. The van der Waals surface area contributed by atoms with Crippen LogP contribution >= 0.6 is 0 Å². The predicted molar refractivity (Wildman–Crippen MR) is 150 cm³/mol. The van der Waals surface area contributed by atoms with Crippen molar-refractivity contribution in [1.82, 2.24) is 25.0 Å². The van der Waals surface area contributed by atoms with Crippen LogP contribution in [0.4, 0.5) is 5.82 Å². The Labute approximate surface area is 233 Å². The highest BCUT2D eigenvalue weighted by Crippen LogP contribution is 2.36. The van der Waals surface area contributed by atoms with Gasteiger partial charge in [0.2, 0.25) is 0 Å². The van der Waals surface area contributed by atoms with Crippen molar-refractivity contribution in [2.45, 2.75) is 44.8 Å². The van der Waals surface area contributed by atoms with E-state index in [4.69, 9.17) is 23.9 Å². The molecule has 40 heavy (non-hydrogen) atoms. The average Bonchev–Trinajstić information content (AvgIpc) is 3.45. The number of fused-ring (bicyclic) bond motifs is 1. The largest absolute Gasteiger partial charge is 0.497 e. The third-order valence-corrected chi connectivity index (χ3v) is 7.61. The summed E-state index contributed by atoms with van der Waals surface area (Å²) in [6, 6.07) is 11.7. The van der Waals surface area contributed by atoms with Crippen LogP contribution in [-0.2, 0) is 13.1 Å². The number of ether oxygens (including phenoxy) is 4. The lowest BCUT2D eigenvalue weighted by molar-refractivity contribution is 0.158. The molecule has 2 unspecified atom stereocenters. The van der Waals surface area contributed by atoms with Crippen LogP contribution in [0.1, 0.15) is 42.9 Å². The molecule has 1 aliphatic carbocycles. The molecular formula is C29H36N6O5. The normalized spacial score (nSPS) is 17.0. The van der Waals surface area contributed by atoms with E-state index in [1.165, 1.54) is 0 Å². The van der Waals surface area contributed by atoms with E-state index in [0.29, 0.717) is 53.1 Å². The van der Waals surface area contributed by atoms with Gasteiger partial charge in [0.1, 0.15) is 29.3 Å². The summed E-state index contributed by atoms with van der Waals surface area (Å²) in [5.74, 6) is 3.76. The summed E-state index contributed by atoms with van der Waals surface area (Å²) < 4.78 is 24.1. The number of aliphatic hydroxyl groups excluding tert-OH is 1. The van der Waals surface area contributed by atoms with Crippen molar-refractivity contribution in [3.63, 3.8) is 0 Å². The fourth-order valence-corrected chi connectivity index (χ4v) is 5.46. The van der Waals surface area contributed by atoms with E-state index in [1.807, 2.05) is 41.1 Å². The molecule has 2 heterocycles. The number of aromatic nitrogens is 5. The minimum atomic E-state index is 0.135. The molecule has 4 aromatic rings. The van der Waals surface area contributed by atoms with E-state index in [1.54, 1.807) is 34.8 Å². The van der Waals surface area contributed by atoms with Crippen LogP contribution in [0.15, 0.2) is 42.7 Å². The second-order valence-corrected chi connectivity index (χ2v) is 9.98. The number of aliphatic hydroxyl groups is 1. The van der Waals surface area contributed by atoms with E-state index < -0.39 is 0 Å². The smallest absolute Gasteiger partial charge is 0.184 e. The van der Waals surface area contributed by atoms with E-state index in [2.05, 4.69) is 20.2 Å². The van der Waals surface area contributed by atoms with Gasteiger partial charge in [-0.25, -0.2) is 14.6 Å². The first-order valence-corrected chi connectivity index (χ1v) is 13.4. The van der Waals surface area contributed by atoms with E-state index in [0.717, 1.165) is 36.8 Å². The van der Waals surface area contributed by atoms with Crippen molar-refractivity contribution in [2.24, 2.45) is 5.92 Å². The minimum Gasteiger partial charge on any atom is -0.497 e. The van der Waals surface area contributed by atoms with Crippen LogP contribution in [-0.4, -0.2) is 65.1 Å². The average molecular weight is 549 g/mol. The van der Waals surface area contributed by atoms with Gasteiger partial charge in [-0.3, -0.25) is 0 Å². The Kier molecular flexibility index (Phi) is 8.49. The third kappa shape index (κ3) is 5.60. The van der Waals surface area contributed by atoms with Crippen molar-refractivity contribution in [1.29, 1.82) is 0 Å². The molecule has 0 bridgehead atoms. The van der Waals surface area contributed by atoms with Gasteiger partial charge in [0.25, 0.3) is 0 Å². The Hall–Kier alpha value is -4.12. The fraction of sp³-hybridized carbons (Fsp3) is 0.448. The quantitative estimate of drug-likeness (QED) is 0.292. The highest BCUT2D eigenvalue weighted by Gasteiger charge is 2.27. The van der Waals surface area contributed by atoms with Gasteiger partial charge in [-0.2, -0.15) is 0 Å². The molecule has 0 spiro atoms. The molecule has 2 aromatic carbocycles. The Morgan fingerprint density at radius 1 is 0.875 bits per heavy atom. The zero-order chi connectivity index (χ0) is 28.1. The summed E-state index contributed by atoms with van der Waals surface area (Å²) in [4.78, 5) is 11.4. The van der Waals surface area contributed by atoms with Crippen molar-refractivity contribution in [2.75, 3.05) is 39.9 Å². The third-order valence-electron chi connectivity index (χ3n) is 7.61. The number of hydrogen-bond donors (Lipinski definition) is 1. The molecule has 0 saturated heterocycles. The number of hydrogen-bond acceptors (Lipinski definition) is 10. The fourth-order valence-electron chi connectivity index (χ4n) is 5.46. The maximum absolute atomic E-state index is 9.75.